The largest absolute Gasteiger partial charge is 0.497 e. The molecule has 0 spiro atoms. The van der Waals surface area contributed by atoms with Crippen molar-refractivity contribution in [2.45, 2.75) is 19.8 Å². The molecule has 4 heteroatoms. The summed E-state index contributed by atoms with van der Waals surface area (Å²) in [7, 11) is 3.43. The van der Waals surface area contributed by atoms with Crippen LogP contribution in [0.5, 0.6) is 5.75 Å². The lowest BCUT2D eigenvalue weighted by atomic mass is 9.99. The van der Waals surface area contributed by atoms with E-state index in [4.69, 9.17) is 4.74 Å². The van der Waals surface area contributed by atoms with Gasteiger partial charge in [0, 0.05) is 19.5 Å². The summed E-state index contributed by atoms with van der Waals surface area (Å²) >= 11 is 0. The zero-order valence-electron chi connectivity index (χ0n) is 14.5. The van der Waals surface area contributed by atoms with Gasteiger partial charge in [0.05, 0.1) is 7.11 Å². The molecular weight excluding hydrogens is 305 g/mol. The quantitative estimate of drug-likeness (QED) is 0.775. The molecule has 0 aromatic heterocycles. The van der Waals surface area contributed by atoms with E-state index in [1.807, 2.05) is 31.2 Å². The molecule has 0 N–H and O–H groups in total. The first-order chi connectivity index (χ1) is 11.5. The van der Waals surface area contributed by atoms with E-state index in [2.05, 4.69) is 0 Å². The molecule has 0 bridgehead atoms. The zero-order chi connectivity index (χ0) is 17.5. The van der Waals surface area contributed by atoms with Gasteiger partial charge in [-0.05, 0) is 42.2 Å². The van der Waals surface area contributed by atoms with Crippen molar-refractivity contribution in [3.63, 3.8) is 0 Å². The number of hydrogen-bond acceptors (Lipinski definition) is 2. The molecule has 0 aliphatic rings. The summed E-state index contributed by atoms with van der Waals surface area (Å²) in [6.45, 7) is 2.48. The number of hydrogen-bond donors (Lipinski definition) is 0. The summed E-state index contributed by atoms with van der Waals surface area (Å²) in [5.74, 6) is 0.356. The maximum Gasteiger partial charge on any atom is 0.225 e. The van der Waals surface area contributed by atoms with Crippen LogP contribution in [-0.2, 0) is 17.6 Å². The van der Waals surface area contributed by atoms with E-state index in [1.165, 1.54) is 6.07 Å². The van der Waals surface area contributed by atoms with E-state index < -0.39 is 0 Å². The molecule has 1 unspecified atom stereocenters. The molecule has 0 saturated heterocycles. The van der Waals surface area contributed by atoms with E-state index in [1.54, 1.807) is 37.3 Å². The SMILES string of the molecule is COc1ccc(CCN(C)C(=O)C(C)Cc2ccccc2F)cc1. The fourth-order valence-corrected chi connectivity index (χ4v) is 2.66. The zero-order valence-corrected chi connectivity index (χ0v) is 14.5. The Labute approximate surface area is 143 Å². The van der Waals surface area contributed by atoms with Crippen LogP contribution in [0.15, 0.2) is 48.5 Å². The van der Waals surface area contributed by atoms with Crippen LogP contribution in [0, 0.1) is 11.7 Å². The van der Waals surface area contributed by atoms with E-state index in [-0.39, 0.29) is 17.6 Å². The van der Waals surface area contributed by atoms with Crippen molar-refractivity contribution in [2.75, 3.05) is 20.7 Å². The number of rotatable bonds is 7. The predicted octanol–water partition coefficient (Wildman–Crippen LogP) is 3.71. The molecule has 1 amide bonds. The van der Waals surface area contributed by atoms with Crippen LogP contribution >= 0.6 is 0 Å². The van der Waals surface area contributed by atoms with Gasteiger partial charge in [-0.15, -0.1) is 0 Å². The maximum atomic E-state index is 13.7. The molecule has 3 nitrogen and oxygen atoms in total. The van der Waals surface area contributed by atoms with Gasteiger partial charge in [0.15, 0.2) is 0 Å². The molecule has 2 aromatic carbocycles. The van der Waals surface area contributed by atoms with Gasteiger partial charge in [-0.3, -0.25) is 4.79 Å². The Bertz CT molecular complexity index is 670. The van der Waals surface area contributed by atoms with Crippen LogP contribution in [0.2, 0.25) is 0 Å². The first-order valence-electron chi connectivity index (χ1n) is 8.12. The van der Waals surface area contributed by atoms with E-state index in [9.17, 15) is 9.18 Å². The minimum Gasteiger partial charge on any atom is -0.497 e. The lowest BCUT2D eigenvalue weighted by Crippen LogP contribution is -2.34. The third-order valence-corrected chi connectivity index (χ3v) is 4.18. The highest BCUT2D eigenvalue weighted by atomic mass is 19.1. The number of amides is 1. The fourth-order valence-electron chi connectivity index (χ4n) is 2.66. The van der Waals surface area contributed by atoms with Crippen molar-refractivity contribution in [2.24, 2.45) is 5.92 Å². The maximum absolute atomic E-state index is 13.7. The lowest BCUT2D eigenvalue weighted by Gasteiger charge is -2.21. The molecule has 0 aliphatic heterocycles. The number of ether oxygens (including phenoxy) is 1. The minimum absolute atomic E-state index is 0.0340. The normalized spacial score (nSPS) is 11.8. The fraction of sp³-hybridized carbons (Fsp3) is 0.350. The van der Waals surface area contributed by atoms with Crippen LogP contribution < -0.4 is 4.74 Å². The van der Waals surface area contributed by atoms with Crippen LogP contribution in [0.4, 0.5) is 4.39 Å². The third kappa shape index (κ3) is 4.82. The Hall–Kier alpha value is -2.36. The Morgan fingerprint density at radius 1 is 1.17 bits per heavy atom. The number of methoxy groups -OCH3 is 1. The summed E-state index contributed by atoms with van der Waals surface area (Å²) in [4.78, 5) is 14.2. The van der Waals surface area contributed by atoms with E-state index in [0.717, 1.165) is 17.7 Å². The molecule has 128 valence electrons. The Morgan fingerprint density at radius 2 is 1.83 bits per heavy atom. The number of nitrogens with zero attached hydrogens (tertiary/aromatic N) is 1. The molecule has 0 aliphatic carbocycles. The topological polar surface area (TPSA) is 29.5 Å². The van der Waals surface area contributed by atoms with Gasteiger partial charge in [-0.2, -0.15) is 0 Å². The number of carbonyl (C=O) groups is 1. The third-order valence-electron chi connectivity index (χ3n) is 4.18. The summed E-state index contributed by atoms with van der Waals surface area (Å²) in [6, 6.07) is 14.4. The summed E-state index contributed by atoms with van der Waals surface area (Å²) < 4.78 is 18.8. The first kappa shape index (κ1) is 18.0. The predicted molar refractivity (Wildman–Crippen MR) is 93.6 cm³/mol. The molecule has 0 saturated carbocycles. The first-order valence-corrected chi connectivity index (χ1v) is 8.12. The molecule has 1 atom stereocenters. The number of carbonyl (C=O) groups excluding carboxylic acids is 1. The number of benzene rings is 2. The van der Waals surface area contributed by atoms with Crippen molar-refractivity contribution in [1.29, 1.82) is 0 Å². The molecule has 24 heavy (non-hydrogen) atoms. The molecule has 0 heterocycles. The van der Waals surface area contributed by atoms with Crippen LogP contribution in [-0.4, -0.2) is 31.5 Å². The number of likely N-dealkylation sites (N-methyl/N-ethyl adjacent to an activating group) is 1. The minimum atomic E-state index is -0.252. The molecular formula is C20H24FNO2. The second-order valence-electron chi connectivity index (χ2n) is 6.05. The smallest absolute Gasteiger partial charge is 0.225 e. The Kier molecular flexibility index (Phi) is 6.36. The average Bonchev–Trinajstić information content (AvgIpc) is 2.61. The second kappa shape index (κ2) is 8.48. The van der Waals surface area contributed by atoms with Crippen molar-refractivity contribution in [3.05, 3.63) is 65.5 Å². The molecule has 0 fully saturated rings. The van der Waals surface area contributed by atoms with Crippen molar-refractivity contribution < 1.29 is 13.9 Å². The molecule has 2 rings (SSSR count). The highest BCUT2D eigenvalue weighted by Gasteiger charge is 2.19. The van der Waals surface area contributed by atoms with Crippen molar-refractivity contribution >= 4 is 5.91 Å². The van der Waals surface area contributed by atoms with Crippen LogP contribution in [0.1, 0.15) is 18.1 Å². The van der Waals surface area contributed by atoms with Crippen LogP contribution in [0.25, 0.3) is 0 Å². The van der Waals surface area contributed by atoms with Gasteiger partial charge in [0.2, 0.25) is 5.91 Å². The van der Waals surface area contributed by atoms with Gasteiger partial charge in [-0.25, -0.2) is 4.39 Å². The van der Waals surface area contributed by atoms with Gasteiger partial charge < -0.3 is 9.64 Å². The van der Waals surface area contributed by atoms with Gasteiger partial charge >= 0.3 is 0 Å². The van der Waals surface area contributed by atoms with Crippen molar-refractivity contribution in [1.82, 2.24) is 4.90 Å². The van der Waals surface area contributed by atoms with Gasteiger partial charge in [-0.1, -0.05) is 37.3 Å². The Morgan fingerprint density at radius 3 is 2.46 bits per heavy atom. The average molecular weight is 329 g/mol. The standard InChI is InChI=1S/C20H24FNO2/c1-15(14-17-6-4-5-7-19(17)21)20(23)22(2)13-12-16-8-10-18(24-3)11-9-16/h4-11,15H,12-14H2,1-3H3. The van der Waals surface area contributed by atoms with E-state index >= 15 is 0 Å². The second-order valence-corrected chi connectivity index (χ2v) is 6.05. The highest BCUT2D eigenvalue weighted by molar-refractivity contribution is 5.78. The molecule has 0 radical (unpaired) electrons. The summed E-state index contributed by atoms with van der Waals surface area (Å²) in [5, 5.41) is 0. The number of halogens is 1. The van der Waals surface area contributed by atoms with Crippen molar-refractivity contribution in [3.8, 4) is 5.75 Å². The van der Waals surface area contributed by atoms with Crippen LogP contribution in [0.3, 0.4) is 0 Å². The van der Waals surface area contributed by atoms with Gasteiger partial charge in [0.25, 0.3) is 0 Å². The summed E-state index contributed by atoms with van der Waals surface area (Å²) in [5.41, 5.74) is 1.74. The lowest BCUT2D eigenvalue weighted by molar-refractivity contribution is -0.133. The van der Waals surface area contributed by atoms with E-state index in [0.29, 0.717) is 18.5 Å². The van der Waals surface area contributed by atoms with Gasteiger partial charge in [0.1, 0.15) is 11.6 Å². The monoisotopic (exact) mass is 329 g/mol. The Balaban J connectivity index is 1.87. The summed E-state index contributed by atoms with van der Waals surface area (Å²) in [6.07, 6.45) is 1.19. The highest BCUT2D eigenvalue weighted by Crippen LogP contribution is 2.15. The molecule has 2 aromatic rings.